The Bertz CT molecular complexity index is 772. The molecule has 0 aromatic heterocycles. The molecule has 0 aliphatic carbocycles. The van der Waals surface area contributed by atoms with Gasteiger partial charge in [-0.3, -0.25) is 14.1 Å². The fourth-order valence-electron chi connectivity index (χ4n) is 5.24. The molecule has 2 amide bonds. The van der Waals surface area contributed by atoms with Gasteiger partial charge in [0.25, 0.3) is 0 Å². The number of ether oxygens (including phenoxy) is 1. The van der Waals surface area contributed by atoms with Gasteiger partial charge in [0, 0.05) is 5.92 Å². The highest BCUT2D eigenvalue weighted by molar-refractivity contribution is 7.46. The van der Waals surface area contributed by atoms with Gasteiger partial charge in [-0.1, -0.05) is 31.8 Å². The number of hydrogen-bond acceptors (Lipinski definition) is 7. The Morgan fingerprint density at radius 3 is 2.66 bits per heavy atom. The van der Waals surface area contributed by atoms with Gasteiger partial charge in [0.15, 0.2) is 0 Å². The molecular weight excluding hydrogens is 443 g/mol. The van der Waals surface area contributed by atoms with Crippen LogP contribution in [-0.4, -0.2) is 68.4 Å². The van der Waals surface area contributed by atoms with Gasteiger partial charge in [-0.15, -0.1) is 0 Å². The molecule has 2 bridgehead atoms. The van der Waals surface area contributed by atoms with Gasteiger partial charge in [0.1, 0.15) is 24.4 Å². The molecule has 11 nitrogen and oxygen atoms in total. The lowest BCUT2D eigenvalue weighted by molar-refractivity contribution is -0.131. The minimum absolute atomic E-state index is 0.165. The molecule has 32 heavy (non-hydrogen) atoms. The number of allylic oxidation sites excluding steroid dienone is 1. The maximum Gasteiger partial charge on any atom is 0.469 e. The molecule has 0 aromatic carbocycles. The first-order valence-electron chi connectivity index (χ1n) is 11.0. The summed E-state index contributed by atoms with van der Waals surface area (Å²) < 4.78 is 21.4. The molecule has 0 radical (unpaired) electrons. The average Bonchev–Trinajstić information content (AvgIpc) is 2.90. The molecule has 0 saturated carbocycles. The molecule has 182 valence electrons. The number of nitrogens with one attached hydrogen (secondary N) is 1. The fourth-order valence-corrected chi connectivity index (χ4v) is 5.58. The first kappa shape index (κ1) is 25.3. The lowest BCUT2D eigenvalue weighted by atomic mass is 9.76. The maximum atomic E-state index is 13.1. The van der Waals surface area contributed by atoms with Crippen molar-refractivity contribution >= 4 is 19.6 Å². The van der Waals surface area contributed by atoms with E-state index in [1.807, 2.05) is 0 Å². The standard InChI is InChI=1S/C20H33N2O9P/c21-15(23)7-6-12-9-13-5-3-1-2-4-8-20(10-12,22-19(13)26)18-17(25)16(24)14(31-18)11-30-32(27,28)29/h6-7,12-14,16-18,24-25H,1-5,8-11H2,(H2,21,23)(H,22,26)(H2,27,28,29)/b7-6-. The van der Waals surface area contributed by atoms with Crippen molar-refractivity contribution in [2.24, 2.45) is 17.6 Å². The summed E-state index contributed by atoms with van der Waals surface area (Å²) in [5.74, 6) is -1.22. The lowest BCUT2D eigenvalue weighted by Gasteiger charge is -2.41. The Hall–Kier alpha value is -1.33. The third-order valence-corrected chi connectivity index (χ3v) is 7.21. The topological polar surface area (TPSA) is 189 Å². The number of phosphoric ester groups is 1. The van der Waals surface area contributed by atoms with E-state index in [9.17, 15) is 24.4 Å². The summed E-state index contributed by atoms with van der Waals surface area (Å²) in [7, 11) is -4.80. The minimum Gasteiger partial charge on any atom is -0.388 e. The number of nitrogens with two attached hydrogens (primary N) is 1. The molecule has 3 saturated heterocycles. The van der Waals surface area contributed by atoms with Crippen LogP contribution in [0.25, 0.3) is 0 Å². The molecule has 3 aliphatic rings. The van der Waals surface area contributed by atoms with Gasteiger partial charge in [-0.25, -0.2) is 4.57 Å². The number of fused-ring (bicyclic) bond motifs is 3. The Kier molecular flexibility index (Phi) is 8.14. The summed E-state index contributed by atoms with van der Waals surface area (Å²) in [5.41, 5.74) is 4.24. The second-order valence-corrected chi connectivity index (χ2v) is 10.4. The molecule has 3 heterocycles. The first-order chi connectivity index (χ1) is 15.0. The molecule has 0 aromatic rings. The van der Waals surface area contributed by atoms with E-state index in [1.165, 1.54) is 6.08 Å². The number of primary amides is 1. The van der Waals surface area contributed by atoms with E-state index in [4.69, 9.17) is 20.3 Å². The Labute approximate surface area is 186 Å². The number of rotatable bonds is 6. The van der Waals surface area contributed by atoms with E-state index in [0.717, 1.165) is 25.7 Å². The zero-order valence-electron chi connectivity index (χ0n) is 17.8. The normalized spacial score (nSPS) is 39.1. The van der Waals surface area contributed by atoms with Crippen LogP contribution in [0.3, 0.4) is 0 Å². The number of hydrogen-bond donors (Lipinski definition) is 6. The van der Waals surface area contributed by atoms with Crippen LogP contribution in [0.1, 0.15) is 51.4 Å². The number of carbonyl (C=O) groups excluding carboxylic acids is 2. The predicted octanol–water partition coefficient (Wildman–Crippen LogP) is -0.138. The van der Waals surface area contributed by atoms with Crippen molar-refractivity contribution in [3.8, 4) is 0 Å². The number of aliphatic hydroxyl groups excluding tert-OH is 2. The van der Waals surface area contributed by atoms with E-state index < -0.39 is 50.3 Å². The largest absolute Gasteiger partial charge is 0.469 e. The van der Waals surface area contributed by atoms with Crippen LogP contribution in [-0.2, 0) is 23.4 Å². The maximum absolute atomic E-state index is 13.1. The van der Waals surface area contributed by atoms with Gasteiger partial charge >= 0.3 is 7.82 Å². The van der Waals surface area contributed by atoms with Crippen LogP contribution in [0.4, 0.5) is 0 Å². The van der Waals surface area contributed by atoms with Crippen LogP contribution < -0.4 is 11.1 Å². The zero-order valence-corrected chi connectivity index (χ0v) is 18.7. The number of amides is 2. The van der Waals surface area contributed by atoms with Crippen molar-refractivity contribution in [3.63, 3.8) is 0 Å². The molecule has 3 fully saturated rings. The van der Waals surface area contributed by atoms with Crippen LogP contribution in [0, 0.1) is 11.8 Å². The van der Waals surface area contributed by atoms with Crippen LogP contribution in [0.5, 0.6) is 0 Å². The highest BCUT2D eigenvalue weighted by Gasteiger charge is 2.55. The molecule has 12 heteroatoms. The van der Waals surface area contributed by atoms with E-state index in [-0.39, 0.29) is 17.7 Å². The average molecular weight is 476 g/mol. The second kappa shape index (κ2) is 10.3. The molecule has 7 N–H and O–H groups in total. The number of carbonyl (C=O) groups is 2. The van der Waals surface area contributed by atoms with Crippen molar-refractivity contribution < 1.29 is 43.4 Å². The molecule has 7 atom stereocenters. The summed E-state index contributed by atoms with van der Waals surface area (Å²) in [6.45, 7) is -0.614. The molecule has 7 unspecified atom stereocenters. The third-order valence-electron chi connectivity index (χ3n) is 6.73. The Morgan fingerprint density at radius 1 is 1.25 bits per heavy atom. The molecule has 0 spiro atoms. The predicted molar refractivity (Wildman–Crippen MR) is 112 cm³/mol. The first-order valence-corrected chi connectivity index (χ1v) is 12.5. The van der Waals surface area contributed by atoms with Crippen molar-refractivity contribution in [1.82, 2.24) is 5.32 Å². The van der Waals surface area contributed by atoms with Gasteiger partial charge in [-0.05, 0) is 37.7 Å². The van der Waals surface area contributed by atoms with Crippen molar-refractivity contribution in [1.29, 1.82) is 0 Å². The number of aliphatic hydroxyl groups is 2. The van der Waals surface area contributed by atoms with E-state index >= 15 is 0 Å². The summed E-state index contributed by atoms with van der Waals surface area (Å²) in [4.78, 5) is 42.4. The smallest absolute Gasteiger partial charge is 0.388 e. The highest BCUT2D eigenvalue weighted by atomic mass is 31.2. The monoisotopic (exact) mass is 476 g/mol. The lowest BCUT2D eigenvalue weighted by Crippen LogP contribution is -2.60. The second-order valence-electron chi connectivity index (χ2n) is 9.12. The minimum atomic E-state index is -4.80. The summed E-state index contributed by atoms with van der Waals surface area (Å²) in [6, 6.07) is 0. The fraction of sp³-hybridized carbons (Fsp3) is 0.800. The van der Waals surface area contributed by atoms with Gasteiger partial charge in [0.2, 0.25) is 11.8 Å². The SMILES string of the molecule is NC(=O)/C=C\C1CC2CCCCCCC(C3OC(COP(=O)(O)O)C(O)C3O)(C1)NC2=O. The van der Waals surface area contributed by atoms with E-state index in [0.29, 0.717) is 25.7 Å². The van der Waals surface area contributed by atoms with Gasteiger partial charge in [0.05, 0.1) is 12.1 Å². The zero-order chi connectivity index (χ0) is 23.5. The highest BCUT2D eigenvalue weighted by Crippen LogP contribution is 2.43. The van der Waals surface area contributed by atoms with Crippen molar-refractivity contribution in [2.45, 2.75) is 81.3 Å². The van der Waals surface area contributed by atoms with Crippen molar-refractivity contribution in [2.75, 3.05) is 6.61 Å². The Balaban J connectivity index is 1.92. The molecule has 3 rings (SSSR count). The van der Waals surface area contributed by atoms with Crippen LogP contribution in [0.2, 0.25) is 0 Å². The molecule has 3 aliphatic heterocycles. The number of phosphoric acid groups is 1. The third kappa shape index (κ3) is 6.17. The van der Waals surface area contributed by atoms with Gasteiger partial charge in [-0.2, -0.15) is 0 Å². The van der Waals surface area contributed by atoms with Crippen LogP contribution >= 0.6 is 7.82 Å². The van der Waals surface area contributed by atoms with Gasteiger partial charge < -0.3 is 35.8 Å². The summed E-state index contributed by atoms with van der Waals surface area (Å²) >= 11 is 0. The quantitative estimate of drug-likeness (QED) is 0.224. The summed E-state index contributed by atoms with van der Waals surface area (Å²) in [6.07, 6.45) is 3.56. The molecular formula is C20H33N2O9P. The van der Waals surface area contributed by atoms with E-state index in [1.54, 1.807) is 6.08 Å². The summed E-state index contributed by atoms with van der Waals surface area (Å²) in [5, 5.41) is 24.4. The van der Waals surface area contributed by atoms with Crippen LogP contribution in [0.15, 0.2) is 12.2 Å². The van der Waals surface area contributed by atoms with E-state index in [2.05, 4.69) is 9.84 Å². The van der Waals surface area contributed by atoms with Crippen molar-refractivity contribution in [3.05, 3.63) is 12.2 Å². The Morgan fingerprint density at radius 2 is 1.97 bits per heavy atom.